The summed E-state index contributed by atoms with van der Waals surface area (Å²) in [6.45, 7) is 4.74. The number of ketones is 1. The summed E-state index contributed by atoms with van der Waals surface area (Å²) in [5.41, 5.74) is 0. The van der Waals surface area contributed by atoms with Gasteiger partial charge in [-0.05, 0) is 32.6 Å². The molecule has 0 aromatic carbocycles. The first-order chi connectivity index (χ1) is 8.22. The van der Waals surface area contributed by atoms with E-state index in [0.29, 0.717) is 0 Å². The zero-order chi connectivity index (χ0) is 12.3. The number of Topliss-reactive ketones (excluding diaryl/α,β-unsaturated/α-hetero) is 1. The molecule has 1 aromatic heterocycles. The minimum Gasteiger partial charge on any atom is -0.337 e. The highest BCUT2D eigenvalue weighted by atomic mass is 32.1. The molecule has 1 aromatic rings. The zero-order valence-corrected chi connectivity index (χ0v) is 11.3. The molecule has 0 N–H and O–H groups in total. The molecule has 0 saturated carbocycles. The van der Waals surface area contributed by atoms with Gasteiger partial charge in [-0.1, -0.05) is 6.92 Å². The zero-order valence-electron chi connectivity index (χ0n) is 10.5. The normalized spacial score (nSPS) is 20.6. The predicted octanol–water partition coefficient (Wildman–Crippen LogP) is 2.44. The Bertz CT molecular complexity index is 391. The fourth-order valence-electron chi connectivity index (χ4n) is 2.27. The lowest BCUT2D eigenvalue weighted by atomic mass is 10.00. The van der Waals surface area contributed by atoms with Crippen LogP contribution in [-0.4, -0.2) is 27.7 Å². The summed E-state index contributed by atoms with van der Waals surface area (Å²) in [6.07, 6.45) is 5.23. The molecule has 1 saturated heterocycles. The van der Waals surface area contributed by atoms with Gasteiger partial charge in [0.05, 0.1) is 6.04 Å². The lowest BCUT2D eigenvalue weighted by molar-refractivity contribution is -0.118. The van der Waals surface area contributed by atoms with Crippen molar-refractivity contribution in [2.45, 2.75) is 52.0 Å². The van der Waals surface area contributed by atoms with Crippen molar-refractivity contribution in [2.75, 3.05) is 11.4 Å². The van der Waals surface area contributed by atoms with Crippen molar-refractivity contribution < 1.29 is 4.79 Å². The molecule has 5 heteroatoms. The smallest absolute Gasteiger partial charge is 0.205 e. The van der Waals surface area contributed by atoms with Crippen molar-refractivity contribution in [3.05, 3.63) is 5.82 Å². The maximum atomic E-state index is 11.6. The van der Waals surface area contributed by atoms with Crippen LogP contribution in [0, 0.1) is 0 Å². The molecule has 94 valence electrons. The third-order valence-electron chi connectivity index (χ3n) is 3.15. The van der Waals surface area contributed by atoms with Crippen LogP contribution in [0.4, 0.5) is 5.13 Å². The highest BCUT2D eigenvalue weighted by molar-refractivity contribution is 7.09. The molecular formula is C12H19N3OS. The van der Waals surface area contributed by atoms with Gasteiger partial charge in [-0.3, -0.25) is 4.79 Å². The van der Waals surface area contributed by atoms with E-state index >= 15 is 0 Å². The Morgan fingerprint density at radius 1 is 1.53 bits per heavy atom. The van der Waals surface area contributed by atoms with Gasteiger partial charge in [0.25, 0.3) is 0 Å². The van der Waals surface area contributed by atoms with Crippen molar-refractivity contribution in [2.24, 2.45) is 0 Å². The van der Waals surface area contributed by atoms with E-state index in [2.05, 4.69) is 21.2 Å². The standard InChI is InChI=1S/C12H19N3OS/c1-3-6-11-13-12(17-14-11)15-8-5-4-7-10(15)9(2)16/h10H,3-8H2,1-2H3. The minimum absolute atomic E-state index is 0.0196. The van der Waals surface area contributed by atoms with Crippen LogP contribution >= 0.6 is 11.5 Å². The average molecular weight is 253 g/mol. The summed E-state index contributed by atoms with van der Waals surface area (Å²) in [7, 11) is 0. The Labute approximate surface area is 106 Å². The molecule has 2 heterocycles. The fraction of sp³-hybridized carbons (Fsp3) is 0.750. The van der Waals surface area contributed by atoms with Gasteiger partial charge in [-0.25, -0.2) is 4.98 Å². The van der Waals surface area contributed by atoms with Gasteiger partial charge in [-0.15, -0.1) is 0 Å². The van der Waals surface area contributed by atoms with E-state index in [9.17, 15) is 4.79 Å². The third kappa shape index (κ3) is 2.83. The van der Waals surface area contributed by atoms with Gasteiger partial charge in [0.15, 0.2) is 5.78 Å². The van der Waals surface area contributed by atoms with Crippen molar-refractivity contribution in [1.82, 2.24) is 9.36 Å². The van der Waals surface area contributed by atoms with Gasteiger partial charge < -0.3 is 4.90 Å². The van der Waals surface area contributed by atoms with Gasteiger partial charge in [0, 0.05) is 24.5 Å². The number of nitrogens with zero attached hydrogens (tertiary/aromatic N) is 3. The largest absolute Gasteiger partial charge is 0.337 e. The van der Waals surface area contributed by atoms with E-state index < -0.39 is 0 Å². The molecule has 1 aliphatic heterocycles. The number of anilines is 1. The molecule has 1 atom stereocenters. The second-order valence-electron chi connectivity index (χ2n) is 4.56. The molecule has 1 unspecified atom stereocenters. The van der Waals surface area contributed by atoms with E-state index in [-0.39, 0.29) is 11.8 Å². The molecule has 0 aliphatic carbocycles. The SMILES string of the molecule is CCCc1nsc(N2CCCCC2C(C)=O)n1. The second kappa shape index (κ2) is 5.58. The number of piperidine rings is 1. The van der Waals surface area contributed by atoms with E-state index in [0.717, 1.165) is 49.6 Å². The van der Waals surface area contributed by atoms with Crippen LogP contribution in [0.3, 0.4) is 0 Å². The van der Waals surface area contributed by atoms with Crippen molar-refractivity contribution in [3.8, 4) is 0 Å². The number of rotatable bonds is 4. The van der Waals surface area contributed by atoms with Crippen molar-refractivity contribution in [3.63, 3.8) is 0 Å². The quantitative estimate of drug-likeness (QED) is 0.827. The second-order valence-corrected chi connectivity index (χ2v) is 5.29. The summed E-state index contributed by atoms with van der Waals surface area (Å²) in [5, 5.41) is 0.924. The van der Waals surface area contributed by atoms with Gasteiger partial charge >= 0.3 is 0 Å². The number of carbonyl (C=O) groups excluding carboxylic acids is 1. The van der Waals surface area contributed by atoms with Gasteiger partial charge in [0.1, 0.15) is 5.82 Å². The Morgan fingerprint density at radius 2 is 2.35 bits per heavy atom. The summed E-state index contributed by atoms with van der Waals surface area (Å²) in [5.74, 6) is 1.16. The molecule has 2 rings (SSSR count). The monoisotopic (exact) mass is 253 g/mol. The molecule has 17 heavy (non-hydrogen) atoms. The molecule has 1 aliphatic rings. The maximum absolute atomic E-state index is 11.6. The summed E-state index contributed by atoms with van der Waals surface area (Å²) >= 11 is 1.43. The number of aromatic nitrogens is 2. The van der Waals surface area contributed by atoms with Gasteiger partial charge in [-0.2, -0.15) is 4.37 Å². The van der Waals surface area contributed by atoms with Crippen LogP contribution in [-0.2, 0) is 11.2 Å². The predicted molar refractivity (Wildman–Crippen MR) is 69.6 cm³/mol. The summed E-state index contributed by atoms with van der Waals surface area (Å²) in [4.78, 5) is 18.3. The van der Waals surface area contributed by atoms with Crippen LogP contribution in [0.5, 0.6) is 0 Å². The van der Waals surface area contributed by atoms with Gasteiger partial charge in [0.2, 0.25) is 5.13 Å². The summed E-state index contributed by atoms with van der Waals surface area (Å²) in [6, 6.07) is 0.0196. The first kappa shape index (κ1) is 12.5. The lowest BCUT2D eigenvalue weighted by Crippen LogP contribution is -2.43. The Kier molecular flexibility index (Phi) is 4.10. The molecule has 0 bridgehead atoms. The number of hydrogen-bond donors (Lipinski definition) is 0. The van der Waals surface area contributed by atoms with Crippen LogP contribution in [0.15, 0.2) is 0 Å². The van der Waals surface area contributed by atoms with Crippen LogP contribution in [0.25, 0.3) is 0 Å². The third-order valence-corrected chi connectivity index (χ3v) is 3.94. The Morgan fingerprint density at radius 3 is 3.06 bits per heavy atom. The highest BCUT2D eigenvalue weighted by Crippen LogP contribution is 2.26. The van der Waals surface area contributed by atoms with Crippen LogP contribution in [0.1, 0.15) is 45.4 Å². The minimum atomic E-state index is 0.0196. The number of carbonyl (C=O) groups is 1. The highest BCUT2D eigenvalue weighted by Gasteiger charge is 2.28. The van der Waals surface area contributed by atoms with E-state index in [1.807, 2.05) is 0 Å². The fourth-order valence-corrected chi connectivity index (χ4v) is 3.06. The van der Waals surface area contributed by atoms with Crippen LogP contribution in [0.2, 0.25) is 0 Å². The van der Waals surface area contributed by atoms with Crippen LogP contribution < -0.4 is 4.90 Å². The van der Waals surface area contributed by atoms with E-state index in [1.165, 1.54) is 11.5 Å². The first-order valence-electron chi connectivity index (χ1n) is 6.32. The Balaban J connectivity index is 2.14. The molecule has 4 nitrogen and oxygen atoms in total. The van der Waals surface area contributed by atoms with E-state index in [4.69, 9.17) is 0 Å². The van der Waals surface area contributed by atoms with Crippen molar-refractivity contribution in [1.29, 1.82) is 0 Å². The molecule has 0 radical (unpaired) electrons. The summed E-state index contributed by atoms with van der Waals surface area (Å²) < 4.78 is 4.35. The molecule has 0 amide bonds. The van der Waals surface area contributed by atoms with Crippen molar-refractivity contribution >= 4 is 22.4 Å². The number of hydrogen-bond acceptors (Lipinski definition) is 5. The molecular weight excluding hydrogens is 234 g/mol. The topological polar surface area (TPSA) is 46.1 Å². The number of aryl methyl sites for hydroxylation is 1. The molecule has 0 spiro atoms. The lowest BCUT2D eigenvalue weighted by Gasteiger charge is -2.33. The first-order valence-corrected chi connectivity index (χ1v) is 7.09. The average Bonchev–Trinajstić information content (AvgIpc) is 2.78. The van der Waals surface area contributed by atoms with E-state index in [1.54, 1.807) is 6.92 Å². The molecule has 1 fully saturated rings. The Hall–Kier alpha value is -0.970. The maximum Gasteiger partial charge on any atom is 0.205 e.